The second-order valence-corrected chi connectivity index (χ2v) is 6.63. The number of anilines is 2. The first-order valence-electron chi connectivity index (χ1n) is 7.72. The van der Waals surface area contributed by atoms with E-state index in [0.29, 0.717) is 12.1 Å². The van der Waals surface area contributed by atoms with Gasteiger partial charge in [-0.05, 0) is 32.4 Å². The van der Waals surface area contributed by atoms with Crippen molar-refractivity contribution in [2.75, 3.05) is 11.2 Å². The van der Waals surface area contributed by atoms with E-state index in [1.807, 2.05) is 24.3 Å². The molecule has 0 radical (unpaired) electrons. The van der Waals surface area contributed by atoms with Crippen LogP contribution in [-0.2, 0) is 4.79 Å². The summed E-state index contributed by atoms with van der Waals surface area (Å²) < 4.78 is 0. The lowest BCUT2D eigenvalue weighted by Gasteiger charge is -2.32. The second kappa shape index (κ2) is 4.62. The molecule has 1 aliphatic heterocycles. The summed E-state index contributed by atoms with van der Waals surface area (Å²) in [7, 11) is 0. The molecule has 0 saturated carbocycles. The molecule has 0 spiro atoms. The normalized spacial score (nSPS) is 17.3. The number of aromatic amines is 1. The van der Waals surface area contributed by atoms with Crippen molar-refractivity contribution in [3.05, 3.63) is 30.5 Å². The molecule has 3 aromatic rings. The Morgan fingerprint density at radius 3 is 2.91 bits per heavy atom. The van der Waals surface area contributed by atoms with Crippen molar-refractivity contribution in [3.8, 4) is 0 Å². The first-order valence-corrected chi connectivity index (χ1v) is 7.72. The fourth-order valence-corrected chi connectivity index (χ4v) is 3.27. The standard InChI is InChI=1S/C17H19N5O/c1-17(2)8-6-13(23)22(17)21-12-7-9-19-16-14(12)10-4-3-5-11(18)15(10)20-16/h3-5,7,9H,6,8,18H2,1-2H3,(H2,19,20,21). The van der Waals surface area contributed by atoms with Crippen LogP contribution in [0.25, 0.3) is 21.9 Å². The number of benzene rings is 1. The third-order valence-electron chi connectivity index (χ3n) is 4.60. The average molecular weight is 309 g/mol. The fourth-order valence-electron chi connectivity index (χ4n) is 3.27. The minimum absolute atomic E-state index is 0.110. The van der Waals surface area contributed by atoms with Crippen LogP contribution in [-0.4, -0.2) is 26.4 Å². The van der Waals surface area contributed by atoms with Crippen molar-refractivity contribution < 1.29 is 4.79 Å². The number of fused-ring (bicyclic) bond motifs is 3. The first-order chi connectivity index (χ1) is 11.0. The van der Waals surface area contributed by atoms with Gasteiger partial charge < -0.3 is 10.7 Å². The van der Waals surface area contributed by atoms with Gasteiger partial charge in [-0.15, -0.1) is 0 Å². The van der Waals surface area contributed by atoms with Crippen LogP contribution in [0, 0.1) is 0 Å². The fraction of sp³-hybridized carbons (Fsp3) is 0.294. The third kappa shape index (κ3) is 2.02. The Kier molecular flexibility index (Phi) is 2.78. The predicted molar refractivity (Wildman–Crippen MR) is 91.8 cm³/mol. The molecule has 4 rings (SSSR count). The highest BCUT2D eigenvalue weighted by molar-refractivity contribution is 6.14. The van der Waals surface area contributed by atoms with Gasteiger partial charge in [-0.2, -0.15) is 0 Å². The van der Waals surface area contributed by atoms with Gasteiger partial charge in [0.1, 0.15) is 5.65 Å². The molecule has 1 saturated heterocycles. The quantitative estimate of drug-likeness (QED) is 0.635. The van der Waals surface area contributed by atoms with Gasteiger partial charge in [-0.1, -0.05) is 12.1 Å². The Morgan fingerprint density at radius 1 is 1.35 bits per heavy atom. The summed E-state index contributed by atoms with van der Waals surface area (Å²) in [4.78, 5) is 19.9. The van der Waals surface area contributed by atoms with E-state index in [2.05, 4.69) is 29.2 Å². The highest BCUT2D eigenvalue weighted by atomic mass is 16.2. The first kappa shape index (κ1) is 13.9. The summed E-state index contributed by atoms with van der Waals surface area (Å²) in [5.74, 6) is 0.110. The molecule has 1 fully saturated rings. The summed E-state index contributed by atoms with van der Waals surface area (Å²) in [5.41, 5.74) is 12.3. The molecule has 0 atom stereocenters. The zero-order valence-electron chi connectivity index (χ0n) is 13.2. The predicted octanol–water partition coefficient (Wildman–Crippen LogP) is 3.03. The van der Waals surface area contributed by atoms with Crippen LogP contribution in [0.2, 0.25) is 0 Å². The molecule has 6 heteroatoms. The number of hydrogen-bond donors (Lipinski definition) is 3. The largest absolute Gasteiger partial charge is 0.397 e. The number of hydrogen-bond acceptors (Lipinski definition) is 4. The van der Waals surface area contributed by atoms with E-state index < -0.39 is 0 Å². The van der Waals surface area contributed by atoms with Crippen LogP contribution < -0.4 is 11.2 Å². The van der Waals surface area contributed by atoms with Crippen molar-refractivity contribution in [1.29, 1.82) is 0 Å². The molecule has 1 amide bonds. The van der Waals surface area contributed by atoms with E-state index in [0.717, 1.165) is 34.0 Å². The zero-order chi connectivity index (χ0) is 16.2. The Balaban J connectivity index is 1.89. The van der Waals surface area contributed by atoms with Crippen LogP contribution in [0.1, 0.15) is 26.7 Å². The highest BCUT2D eigenvalue weighted by Crippen LogP contribution is 2.35. The van der Waals surface area contributed by atoms with Gasteiger partial charge in [0, 0.05) is 18.0 Å². The van der Waals surface area contributed by atoms with Crippen LogP contribution in [0.5, 0.6) is 0 Å². The minimum Gasteiger partial charge on any atom is -0.397 e. The van der Waals surface area contributed by atoms with Crippen molar-refractivity contribution in [2.24, 2.45) is 0 Å². The molecule has 0 bridgehead atoms. The van der Waals surface area contributed by atoms with Gasteiger partial charge in [0.2, 0.25) is 5.91 Å². The van der Waals surface area contributed by atoms with Crippen LogP contribution in [0.15, 0.2) is 30.5 Å². The third-order valence-corrected chi connectivity index (χ3v) is 4.60. The summed E-state index contributed by atoms with van der Waals surface area (Å²) in [6.45, 7) is 4.13. The Labute approximate surface area is 133 Å². The van der Waals surface area contributed by atoms with Crippen LogP contribution in [0.3, 0.4) is 0 Å². The summed E-state index contributed by atoms with van der Waals surface area (Å²) in [5, 5.41) is 3.68. The number of nitrogens with two attached hydrogens (primary N) is 1. The number of amides is 1. The maximum atomic E-state index is 12.2. The maximum absolute atomic E-state index is 12.2. The molecular weight excluding hydrogens is 290 g/mol. The lowest BCUT2D eigenvalue weighted by atomic mass is 10.0. The Morgan fingerprint density at radius 2 is 2.17 bits per heavy atom. The SMILES string of the molecule is CC1(C)CCC(=O)N1Nc1ccnc2[nH]c3c(N)cccc3c12. The van der Waals surface area contributed by atoms with Gasteiger partial charge >= 0.3 is 0 Å². The van der Waals surface area contributed by atoms with Crippen molar-refractivity contribution in [1.82, 2.24) is 15.0 Å². The summed E-state index contributed by atoms with van der Waals surface area (Å²) in [6.07, 6.45) is 3.13. The topological polar surface area (TPSA) is 87.0 Å². The van der Waals surface area contributed by atoms with Gasteiger partial charge in [-0.25, -0.2) is 4.98 Å². The smallest absolute Gasteiger partial charge is 0.241 e. The average Bonchev–Trinajstić information content (AvgIpc) is 3.02. The maximum Gasteiger partial charge on any atom is 0.241 e. The molecule has 0 aliphatic carbocycles. The van der Waals surface area contributed by atoms with E-state index in [-0.39, 0.29) is 11.4 Å². The lowest BCUT2D eigenvalue weighted by Crippen LogP contribution is -2.44. The molecule has 1 aromatic carbocycles. The molecule has 2 aromatic heterocycles. The van der Waals surface area contributed by atoms with Crippen molar-refractivity contribution in [2.45, 2.75) is 32.2 Å². The summed E-state index contributed by atoms with van der Waals surface area (Å²) in [6, 6.07) is 7.68. The number of rotatable bonds is 2. The lowest BCUT2D eigenvalue weighted by molar-refractivity contribution is -0.128. The molecule has 23 heavy (non-hydrogen) atoms. The molecule has 3 heterocycles. The van der Waals surface area contributed by atoms with Crippen molar-refractivity contribution >= 4 is 39.2 Å². The van der Waals surface area contributed by atoms with E-state index in [1.165, 1.54) is 0 Å². The number of nitrogens with zero attached hydrogens (tertiary/aromatic N) is 2. The molecule has 118 valence electrons. The number of nitrogens with one attached hydrogen (secondary N) is 2. The monoisotopic (exact) mass is 309 g/mol. The minimum atomic E-state index is -0.211. The number of hydrazine groups is 1. The van der Waals surface area contributed by atoms with Gasteiger partial charge in [0.05, 0.1) is 27.8 Å². The van der Waals surface area contributed by atoms with Gasteiger partial charge in [0.25, 0.3) is 0 Å². The van der Waals surface area contributed by atoms with E-state index >= 15 is 0 Å². The van der Waals surface area contributed by atoms with Crippen LogP contribution >= 0.6 is 0 Å². The number of aromatic nitrogens is 2. The molecule has 4 N–H and O–H groups in total. The Bertz CT molecular complexity index is 927. The molecule has 6 nitrogen and oxygen atoms in total. The molecule has 1 aliphatic rings. The highest BCUT2D eigenvalue weighted by Gasteiger charge is 2.38. The number of nitrogen functional groups attached to an aromatic ring is 1. The number of carbonyl (C=O) groups is 1. The number of para-hydroxylation sites is 1. The van der Waals surface area contributed by atoms with Crippen LogP contribution in [0.4, 0.5) is 11.4 Å². The molecular formula is C17H19N5O. The van der Waals surface area contributed by atoms with E-state index in [9.17, 15) is 4.79 Å². The van der Waals surface area contributed by atoms with E-state index in [4.69, 9.17) is 5.73 Å². The molecule has 0 unspecified atom stereocenters. The summed E-state index contributed by atoms with van der Waals surface area (Å²) >= 11 is 0. The number of carbonyl (C=O) groups excluding carboxylic acids is 1. The second-order valence-electron chi connectivity index (χ2n) is 6.63. The van der Waals surface area contributed by atoms with Crippen molar-refractivity contribution in [3.63, 3.8) is 0 Å². The van der Waals surface area contributed by atoms with E-state index in [1.54, 1.807) is 11.2 Å². The zero-order valence-corrected chi connectivity index (χ0v) is 13.2. The van der Waals surface area contributed by atoms with Gasteiger partial charge in [-0.3, -0.25) is 15.2 Å². The number of H-pyrrole nitrogens is 1. The Hall–Kier alpha value is -2.76. The van der Waals surface area contributed by atoms with Gasteiger partial charge in [0.15, 0.2) is 0 Å². The number of pyridine rings is 1.